The number of aromatic nitrogens is 5. The molecule has 7 rings (SSSR count). The van der Waals surface area contributed by atoms with Gasteiger partial charge in [-0.05, 0) is 54.1 Å². The van der Waals surface area contributed by atoms with Crippen LogP contribution >= 0.6 is 0 Å². The predicted molar refractivity (Wildman–Crippen MR) is 142 cm³/mol. The molecule has 5 aromatic heterocycles. The Balaban J connectivity index is 1.59. The van der Waals surface area contributed by atoms with Crippen molar-refractivity contribution in [2.75, 3.05) is 0 Å². The zero-order valence-corrected chi connectivity index (χ0v) is 18.8. The first-order valence-electron chi connectivity index (χ1n) is 11.6. The molecule has 5 heterocycles. The number of nitrogens with one attached hydrogen (secondary N) is 3. The van der Waals surface area contributed by atoms with E-state index in [9.17, 15) is 0 Å². The number of pyridine rings is 2. The van der Waals surface area contributed by atoms with Gasteiger partial charge in [-0.3, -0.25) is 4.98 Å². The standard InChI is InChI=1S/C30H21N5/c1-3-9-24-19(7-1)17-22(29(35-24)23-18-34-25-10-4-2-8-20(23)25)21-13-16-33-30(27-12-6-15-32-27)28(21)26-11-5-14-31-26/h1-18,31-32,34H. The van der Waals surface area contributed by atoms with Gasteiger partial charge < -0.3 is 15.0 Å². The summed E-state index contributed by atoms with van der Waals surface area (Å²) in [5, 5.41) is 2.25. The average Bonchev–Trinajstić information content (AvgIpc) is 3.69. The SMILES string of the molecule is c1c[nH]c(-c2nccc(-c3cc4ccccc4nc3-c3c[nH]c4ccccc34)c2-c2ccc[nH]2)c1. The summed E-state index contributed by atoms with van der Waals surface area (Å²) in [5.41, 5.74) is 10.1. The molecule has 0 aliphatic carbocycles. The Morgan fingerprint density at radius 1 is 0.600 bits per heavy atom. The molecule has 0 aliphatic heterocycles. The van der Waals surface area contributed by atoms with E-state index in [-0.39, 0.29) is 0 Å². The number of rotatable bonds is 4. The van der Waals surface area contributed by atoms with E-state index in [0.29, 0.717) is 0 Å². The molecular weight excluding hydrogens is 430 g/mol. The highest BCUT2D eigenvalue weighted by Crippen LogP contribution is 2.43. The van der Waals surface area contributed by atoms with Crippen molar-refractivity contribution < 1.29 is 0 Å². The third-order valence-electron chi connectivity index (χ3n) is 6.53. The normalized spacial score (nSPS) is 11.4. The van der Waals surface area contributed by atoms with Gasteiger partial charge in [0.05, 0.1) is 22.6 Å². The molecule has 5 heteroatoms. The van der Waals surface area contributed by atoms with Crippen molar-refractivity contribution in [2.24, 2.45) is 0 Å². The van der Waals surface area contributed by atoms with Crippen LogP contribution in [0.15, 0.2) is 110 Å². The molecule has 0 atom stereocenters. The quantitative estimate of drug-likeness (QED) is 0.260. The first-order chi connectivity index (χ1) is 17.4. The van der Waals surface area contributed by atoms with Gasteiger partial charge in [0.15, 0.2) is 0 Å². The molecule has 0 spiro atoms. The van der Waals surface area contributed by atoms with Gasteiger partial charge in [-0.15, -0.1) is 0 Å². The molecule has 7 aromatic rings. The molecule has 0 radical (unpaired) electrons. The van der Waals surface area contributed by atoms with Crippen molar-refractivity contribution in [3.05, 3.63) is 110 Å². The minimum Gasteiger partial charge on any atom is -0.361 e. The van der Waals surface area contributed by atoms with Crippen LogP contribution in [0.25, 0.3) is 66.8 Å². The largest absolute Gasteiger partial charge is 0.361 e. The van der Waals surface area contributed by atoms with Crippen LogP contribution in [0, 0.1) is 0 Å². The van der Waals surface area contributed by atoms with Crippen LogP contribution in [0.2, 0.25) is 0 Å². The molecule has 0 fully saturated rings. The highest BCUT2D eigenvalue weighted by atomic mass is 14.8. The van der Waals surface area contributed by atoms with Gasteiger partial charge in [-0.1, -0.05) is 36.4 Å². The van der Waals surface area contributed by atoms with E-state index in [0.717, 1.165) is 66.8 Å². The number of hydrogen-bond acceptors (Lipinski definition) is 2. The number of para-hydroxylation sites is 2. The molecule has 0 amide bonds. The van der Waals surface area contributed by atoms with Crippen molar-refractivity contribution in [1.82, 2.24) is 24.9 Å². The van der Waals surface area contributed by atoms with Gasteiger partial charge in [0, 0.05) is 63.5 Å². The molecule has 0 saturated carbocycles. The minimum absolute atomic E-state index is 0.896. The molecule has 3 N–H and O–H groups in total. The molecule has 2 aromatic carbocycles. The van der Waals surface area contributed by atoms with Crippen molar-refractivity contribution >= 4 is 21.8 Å². The van der Waals surface area contributed by atoms with Crippen LogP contribution in [0.5, 0.6) is 0 Å². The highest BCUT2D eigenvalue weighted by Gasteiger charge is 2.21. The van der Waals surface area contributed by atoms with Crippen LogP contribution < -0.4 is 0 Å². The van der Waals surface area contributed by atoms with E-state index in [2.05, 4.69) is 81.8 Å². The minimum atomic E-state index is 0.896. The summed E-state index contributed by atoms with van der Waals surface area (Å²) in [6, 6.07) is 29.1. The molecular formula is C30H21N5. The van der Waals surface area contributed by atoms with E-state index in [1.54, 1.807) is 0 Å². The number of hydrogen-bond donors (Lipinski definition) is 3. The van der Waals surface area contributed by atoms with E-state index in [1.807, 2.05) is 42.9 Å². The van der Waals surface area contributed by atoms with E-state index < -0.39 is 0 Å². The monoisotopic (exact) mass is 451 g/mol. The van der Waals surface area contributed by atoms with E-state index in [1.165, 1.54) is 0 Å². The number of benzene rings is 2. The Bertz CT molecular complexity index is 1790. The lowest BCUT2D eigenvalue weighted by molar-refractivity contribution is 1.27. The maximum absolute atomic E-state index is 5.20. The average molecular weight is 452 g/mol. The first-order valence-corrected chi connectivity index (χ1v) is 11.6. The van der Waals surface area contributed by atoms with Crippen molar-refractivity contribution in [2.45, 2.75) is 0 Å². The van der Waals surface area contributed by atoms with Gasteiger partial charge in [0.25, 0.3) is 0 Å². The lowest BCUT2D eigenvalue weighted by Gasteiger charge is -2.16. The fourth-order valence-corrected chi connectivity index (χ4v) is 4.92. The van der Waals surface area contributed by atoms with Gasteiger partial charge in [0.2, 0.25) is 0 Å². The Morgan fingerprint density at radius 3 is 2.26 bits per heavy atom. The van der Waals surface area contributed by atoms with Gasteiger partial charge in [-0.2, -0.15) is 0 Å². The summed E-state index contributed by atoms with van der Waals surface area (Å²) in [4.78, 5) is 20.2. The maximum atomic E-state index is 5.20. The molecule has 35 heavy (non-hydrogen) atoms. The second-order valence-electron chi connectivity index (χ2n) is 8.57. The second kappa shape index (κ2) is 7.85. The van der Waals surface area contributed by atoms with Crippen LogP contribution in [-0.2, 0) is 0 Å². The van der Waals surface area contributed by atoms with Crippen molar-refractivity contribution in [3.63, 3.8) is 0 Å². The summed E-state index contributed by atoms with van der Waals surface area (Å²) in [6.07, 6.45) is 7.82. The number of H-pyrrole nitrogens is 3. The predicted octanol–water partition coefficient (Wildman–Crippen LogP) is 7.44. The van der Waals surface area contributed by atoms with Gasteiger partial charge >= 0.3 is 0 Å². The number of nitrogens with zero attached hydrogens (tertiary/aromatic N) is 2. The van der Waals surface area contributed by atoms with Crippen LogP contribution in [-0.4, -0.2) is 24.9 Å². The van der Waals surface area contributed by atoms with E-state index in [4.69, 9.17) is 9.97 Å². The van der Waals surface area contributed by atoms with Gasteiger partial charge in [0.1, 0.15) is 0 Å². The lowest BCUT2D eigenvalue weighted by atomic mass is 9.91. The highest BCUT2D eigenvalue weighted by molar-refractivity contribution is 6.04. The van der Waals surface area contributed by atoms with Crippen LogP contribution in [0.1, 0.15) is 0 Å². The molecule has 0 saturated heterocycles. The smallest absolute Gasteiger partial charge is 0.0963 e. The fourth-order valence-electron chi connectivity index (χ4n) is 4.92. The molecule has 0 aliphatic rings. The van der Waals surface area contributed by atoms with E-state index >= 15 is 0 Å². The summed E-state index contributed by atoms with van der Waals surface area (Å²) >= 11 is 0. The van der Waals surface area contributed by atoms with Crippen molar-refractivity contribution in [1.29, 1.82) is 0 Å². The maximum Gasteiger partial charge on any atom is 0.0963 e. The Morgan fingerprint density at radius 2 is 1.40 bits per heavy atom. The third-order valence-corrected chi connectivity index (χ3v) is 6.53. The molecule has 0 bridgehead atoms. The Labute approximate surface area is 201 Å². The second-order valence-corrected chi connectivity index (χ2v) is 8.57. The summed E-state index contributed by atoms with van der Waals surface area (Å²) < 4.78 is 0. The van der Waals surface area contributed by atoms with Crippen LogP contribution in [0.3, 0.4) is 0 Å². The topological polar surface area (TPSA) is 73.2 Å². The summed E-state index contributed by atoms with van der Waals surface area (Å²) in [5.74, 6) is 0. The molecule has 0 unspecified atom stereocenters. The molecule has 166 valence electrons. The number of aromatic amines is 3. The number of fused-ring (bicyclic) bond motifs is 2. The lowest BCUT2D eigenvalue weighted by Crippen LogP contribution is -1.97. The summed E-state index contributed by atoms with van der Waals surface area (Å²) in [6.45, 7) is 0. The zero-order chi connectivity index (χ0) is 23.2. The zero-order valence-electron chi connectivity index (χ0n) is 18.8. The van der Waals surface area contributed by atoms with Gasteiger partial charge in [-0.25, -0.2) is 4.98 Å². The van der Waals surface area contributed by atoms with Crippen LogP contribution in [0.4, 0.5) is 0 Å². The third kappa shape index (κ3) is 3.17. The Kier molecular flexibility index (Phi) is 4.39. The first kappa shape index (κ1) is 19.6. The molecule has 5 nitrogen and oxygen atoms in total. The Hall–Kier alpha value is -4.90. The summed E-state index contributed by atoms with van der Waals surface area (Å²) in [7, 11) is 0. The van der Waals surface area contributed by atoms with Crippen molar-refractivity contribution in [3.8, 4) is 45.0 Å². The fraction of sp³-hybridized carbons (Fsp3) is 0.